The summed E-state index contributed by atoms with van der Waals surface area (Å²) in [5.74, 6) is -0.664. The molecule has 0 aliphatic rings. The zero-order valence-corrected chi connectivity index (χ0v) is 16.8. The number of amides is 1. The minimum absolute atomic E-state index is 0.213. The molecule has 0 N–H and O–H groups in total. The molecule has 3 rings (SSSR count). The number of hydrogen-bond acceptors (Lipinski definition) is 4. The lowest BCUT2D eigenvalue weighted by Gasteiger charge is -2.26. The Hall–Kier alpha value is -2.92. The van der Waals surface area contributed by atoms with Gasteiger partial charge >= 0.3 is 5.97 Å². The average Bonchev–Trinajstić information content (AvgIpc) is 3.14. The fourth-order valence-corrected chi connectivity index (χ4v) is 3.73. The van der Waals surface area contributed by atoms with Crippen LogP contribution in [0.15, 0.2) is 72.1 Å². The van der Waals surface area contributed by atoms with Crippen LogP contribution in [0.2, 0.25) is 0 Å². The first-order valence-corrected chi connectivity index (χ1v) is 10.0. The van der Waals surface area contributed by atoms with E-state index in [1.165, 1.54) is 11.3 Å². The maximum atomic E-state index is 13.1. The third-order valence-corrected chi connectivity index (χ3v) is 5.42. The van der Waals surface area contributed by atoms with Gasteiger partial charge in [0.05, 0.1) is 0 Å². The van der Waals surface area contributed by atoms with E-state index in [9.17, 15) is 9.59 Å². The molecule has 1 heterocycles. The highest BCUT2D eigenvalue weighted by Gasteiger charge is 2.25. The Labute approximate surface area is 169 Å². The van der Waals surface area contributed by atoms with Crippen LogP contribution < -0.4 is 0 Å². The summed E-state index contributed by atoms with van der Waals surface area (Å²) < 4.78 is 5.47. The van der Waals surface area contributed by atoms with Crippen molar-refractivity contribution in [1.29, 1.82) is 0 Å². The lowest BCUT2D eigenvalue weighted by atomic mass is 10.1. The molecule has 0 spiro atoms. The molecule has 0 radical (unpaired) electrons. The molecule has 0 fully saturated rings. The molecule has 0 saturated heterocycles. The van der Waals surface area contributed by atoms with Crippen LogP contribution in [0.3, 0.4) is 0 Å². The van der Waals surface area contributed by atoms with E-state index in [-0.39, 0.29) is 5.91 Å². The third kappa shape index (κ3) is 5.08. The van der Waals surface area contributed by atoms with Crippen molar-refractivity contribution in [2.75, 3.05) is 0 Å². The van der Waals surface area contributed by atoms with Crippen molar-refractivity contribution < 1.29 is 14.3 Å². The first-order chi connectivity index (χ1) is 13.5. The number of carbonyl (C=O) groups excluding carboxylic acids is 2. The predicted molar refractivity (Wildman–Crippen MR) is 111 cm³/mol. The zero-order valence-electron chi connectivity index (χ0n) is 16.0. The van der Waals surface area contributed by atoms with Gasteiger partial charge in [-0.1, -0.05) is 60.7 Å². The Bertz CT molecular complexity index is 880. The summed E-state index contributed by atoms with van der Waals surface area (Å²) in [7, 11) is 0. The fraction of sp³-hybridized carbons (Fsp3) is 0.217. The lowest BCUT2D eigenvalue weighted by molar-refractivity contribution is -0.141. The van der Waals surface area contributed by atoms with E-state index in [4.69, 9.17) is 4.74 Å². The lowest BCUT2D eigenvalue weighted by Crippen LogP contribution is -2.39. The number of ether oxygens (including phenoxy) is 1. The first-order valence-electron chi connectivity index (χ1n) is 9.16. The van der Waals surface area contributed by atoms with Gasteiger partial charge in [0.1, 0.15) is 4.88 Å². The molecule has 0 unspecified atom stereocenters. The van der Waals surface area contributed by atoms with E-state index >= 15 is 0 Å². The number of hydrogen-bond donors (Lipinski definition) is 0. The predicted octanol–water partition coefficient (Wildman–Crippen LogP) is 4.83. The Morgan fingerprint density at radius 3 is 1.93 bits per heavy atom. The van der Waals surface area contributed by atoms with Gasteiger partial charge < -0.3 is 9.64 Å². The first kappa shape index (κ1) is 19.8. The highest BCUT2D eigenvalue weighted by atomic mass is 32.1. The van der Waals surface area contributed by atoms with E-state index in [0.717, 1.165) is 16.7 Å². The van der Waals surface area contributed by atoms with Gasteiger partial charge in [-0.2, -0.15) is 0 Å². The minimum Gasteiger partial charge on any atom is -0.448 e. The number of aryl methyl sites for hydroxylation is 1. The summed E-state index contributed by atoms with van der Waals surface area (Å²) in [5.41, 5.74) is 2.92. The molecule has 2 aromatic carbocycles. The second-order valence-corrected chi connectivity index (χ2v) is 7.56. The summed E-state index contributed by atoms with van der Waals surface area (Å²) in [6.07, 6.45) is -0.860. The SMILES string of the molecule is Cc1ccsc1C(=O)O[C@H](C)C(=O)N(Cc1ccccc1)Cc1ccccc1. The summed E-state index contributed by atoms with van der Waals surface area (Å²) >= 11 is 1.33. The van der Waals surface area contributed by atoms with Crippen LogP contribution in [0.5, 0.6) is 0 Å². The van der Waals surface area contributed by atoms with Crippen molar-refractivity contribution >= 4 is 23.2 Å². The number of thiophene rings is 1. The molecule has 0 saturated carbocycles. The van der Waals surface area contributed by atoms with Crippen molar-refractivity contribution in [2.45, 2.75) is 33.0 Å². The molecule has 3 aromatic rings. The van der Waals surface area contributed by atoms with Crippen LogP contribution in [-0.2, 0) is 22.6 Å². The quantitative estimate of drug-likeness (QED) is 0.540. The average molecular weight is 394 g/mol. The van der Waals surface area contributed by atoms with E-state index in [2.05, 4.69) is 0 Å². The zero-order chi connectivity index (χ0) is 19.9. The number of carbonyl (C=O) groups is 2. The Morgan fingerprint density at radius 2 is 1.46 bits per heavy atom. The molecular weight excluding hydrogens is 370 g/mol. The van der Waals surface area contributed by atoms with Gasteiger partial charge in [-0.05, 0) is 42.0 Å². The number of esters is 1. The van der Waals surface area contributed by atoms with Gasteiger partial charge in [0.15, 0.2) is 6.10 Å². The number of rotatable bonds is 7. The molecule has 5 heteroatoms. The largest absolute Gasteiger partial charge is 0.448 e. The molecule has 1 atom stereocenters. The number of nitrogens with zero attached hydrogens (tertiary/aromatic N) is 1. The van der Waals surface area contributed by atoms with Gasteiger partial charge in [0, 0.05) is 13.1 Å². The van der Waals surface area contributed by atoms with Gasteiger partial charge in [-0.15, -0.1) is 11.3 Å². The smallest absolute Gasteiger partial charge is 0.349 e. The highest BCUT2D eigenvalue weighted by Crippen LogP contribution is 2.19. The highest BCUT2D eigenvalue weighted by molar-refractivity contribution is 7.12. The maximum absolute atomic E-state index is 13.1. The van der Waals surface area contributed by atoms with Gasteiger partial charge in [0.25, 0.3) is 5.91 Å². The minimum atomic E-state index is -0.860. The van der Waals surface area contributed by atoms with Crippen molar-refractivity contribution in [3.8, 4) is 0 Å². The second-order valence-electron chi connectivity index (χ2n) is 6.65. The summed E-state index contributed by atoms with van der Waals surface area (Å²) in [4.78, 5) is 27.8. The Kier molecular flexibility index (Phi) is 6.61. The van der Waals surface area contributed by atoms with E-state index < -0.39 is 12.1 Å². The van der Waals surface area contributed by atoms with Gasteiger partial charge in [-0.3, -0.25) is 4.79 Å². The van der Waals surface area contributed by atoms with Gasteiger partial charge in [-0.25, -0.2) is 4.79 Å². The Balaban J connectivity index is 1.74. The number of benzene rings is 2. The van der Waals surface area contributed by atoms with Crippen LogP contribution in [0.1, 0.15) is 33.3 Å². The normalized spacial score (nSPS) is 11.6. The molecule has 0 aliphatic heterocycles. The monoisotopic (exact) mass is 393 g/mol. The van der Waals surface area contributed by atoms with Crippen molar-refractivity contribution in [3.05, 3.63) is 93.7 Å². The summed E-state index contributed by atoms with van der Waals surface area (Å²) in [6, 6.07) is 21.5. The standard InChI is InChI=1S/C23H23NO3S/c1-17-13-14-28-21(17)23(26)27-18(2)22(25)24(15-19-9-5-3-6-10-19)16-20-11-7-4-8-12-20/h3-14,18H,15-16H2,1-2H3/t18-/m1/s1. The molecule has 0 bridgehead atoms. The van der Waals surface area contributed by atoms with Crippen molar-refractivity contribution in [3.63, 3.8) is 0 Å². The van der Waals surface area contributed by atoms with Crippen LogP contribution in [0.25, 0.3) is 0 Å². The topological polar surface area (TPSA) is 46.6 Å². The molecule has 4 nitrogen and oxygen atoms in total. The van der Waals surface area contributed by atoms with Crippen LogP contribution >= 0.6 is 11.3 Å². The van der Waals surface area contributed by atoms with E-state index in [0.29, 0.717) is 18.0 Å². The molecule has 0 aliphatic carbocycles. The molecule has 1 amide bonds. The second kappa shape index (κ2) is 9.33. The maximum Gasteiger partial charge on any atom is 0.349 e. The summed E-state index contributed by atoms with van der Waals surface area (Å²) in [6.45, 7) is 4.39. The van der Waals surface area contributed by atoms with E-state index in [1.807, 2.05) is 79.0 Å². The van der Waals surface area contributed by atoms with Crippen LogP contribution in [-0.4, -0.2) is 22.9 Å². The van der Waals surface area contributed by atoms with Crippen LogP contribution in [0.4, 0.5) is 0 Å². The van der Waals surface area contributed by atoms with Crippen molar-refractivity contribution in [1.82, 2.24) is 4.90 Å². The fourth-order valence-electron chi connectivity index (χ4n) is 2.92. The van der Waals surface area contributed by atoms with Crippen LogP contribution in [0, 0.1) is 6.92 Å². The van der Waals surface area contributed by atoms with Crippen molar-refractivity contribution in [2.24, 2.45) is 0 Å². The van der Waals surface area contributed by atoms with E-state index in [1.54, 1.807) is 11.8 Å². The molecule has 144 valence electrons. The summed E-state index contributed by atoms with van der Waals surface area (Å²) in [5, 5.41) is 1.84. The molecular formula is C23H23NO3S. The molecule has 1 aromatic heterocycles. The van der Waals surface area contributed by atoms with Gasteiger partial charge in [0.2, 0.25) is 0 Å². The molecule has 28 heavy (non-hydrogen) atoms. The third-order valence-electron chi connectivity index (χ3n) is 4.42. The Morgan fingerprint density at radius 1 is 0.929 bits per heavy atom.